The van der Waals surface area contributed by atoms with Crippen molar-refractivity contribution < 1.29 is 18.7 Å². The van der Waals surface area contributed by atoms with Crippen LogP contribution in [0.15, 0.2) is 0 Å². The minimum Gasteiger partial charge on any atom is -0.378 e. The Morgan fingerprint density at radius 1 is 0.644 bits per heavy atom. The quantitative estimate of drug-likeness (QED) is 0.144. The number of hydrogen-bond acceptors (Lipinski definition) is 7. The van der Waals surface area contributed by atoms with Gasteiger partial charge in [-0.15, -0.1) is 0 Å². The Bertz CT molecular complexity index is 1030. The maximum Gasteiger partial charge on any atom is 0.226 e. The molecule has 1 aromatic rings. The van der Waals surface area contributed by atoms with Crippen molar-refractivity contribution in [2.45, 2.75) is 168 Å². The van der Waals surface area contributed by atoms with E-state index in [2.05, 4.69) is 94.2 Å². The van der Waals surface area contributed by atoms with Gasteiger partial charge in [0, 0.05) is 65.8 Å². The van der Waals surface area contributed by atoms with Crippen LogP contribution in [0, 0.1) is 0 Å². The van der Waals surface area contributed by atoms with Gasteiger partial charge in [0.05, 0.1) is 26.3 Å². The van der Waals surface area contributed by atoms with Crippen LogP contribution in [-0.4, -0.2) is 87.8 Å². The van der Waals surface area contributed by atoms with Gasteiger partial charge in [0.25, 0.3) is 0 Å². The summed E-state index contributed by atoms with van der Waals surface area (Å²) in [5.41, 5.74) is 6.61. The van der Waals surface area contributed by atoms with E-state index in [9.17, 15) is 0 Å². The van der Waals surface area contributed by atoms with Crippen LogP contribution < -0.4 is 10.9 Å². The average Bonchev–Trinajstić information content (AvgIpc) is 2.96. The van der Waals surface area contributed by atoms with Crippen molar-refractivity contribution in [2.24, 2.45) is 0 Å². The number of ether oxygens (including phenoxy) is 2. The van der Waals surface area contributed by atoms with Crippen LogP contribution in [-0.2, 0) is 20.6 Å². The van der Waals surface area contributed by atoms with Gasteiger partial charge in [0.2, 0.25) is 5.28 Å². The highest BCUT2D eigenvalue weighted by Crippen LogP contribution is 2.51. The molecule has 0 bridgehead atoms. The fourth-order valence-electron chi connectivity index (χ4n) is 8.17. The number of quaternary nitrogens is 2. The highest BCUT2D eigenvalue weighted by molar-refractivity contribution is 6.28. The van der Waals surface area contributed by atoms with E-state index in [0.29, 0.717) is 9.18 Å². The molecule has 3 rings (SSSR count). The van der Waals surface area contributed by atoms with Crippen molar-refractivity contribution in [1.82, 2.24) is 25.8 Å². The average molecular weight is 654 g/mol. The van der Waals surface area contributed by atoms with Gasteiger partial charge in [-0.1, -0.05) is 40.5 Å². The lowest BCUT2D eigenvalue weighted by Crippen LogP contribution is -2.79. The number of piperidine rings is 2. The highest BCUT2D eigenvalue weighted by atomic mass is 35.5. The fourth-order valence-corrected chi connectivity index (χ4v) is 8.33. The van der Waals surface area contributed by atoms with Gasteiger partial charge in [-0.05, 0) is 65.0 Å². The van der Waals surface area contributed by atoms with Crippen LogP contribution in [0.25, 0.3) is 0 Å². The number of unbranched alkanes of at least 4 members (excludes halogenated alkanes) is 2. The lowest BCUT2D eigenvalue weighted by molar-refractivity contribution is -1.05. The molecule has 2 aliphatic rings. The first-order chi connectivity index (χ1) is 21.0. The molecule has 2 N–H and O–H groups in total. The van der Waals surface area contributed by atoms with E-state index in [1.165, 1.54) is 0 Å². The fraction of sp³-hybridized carbons (Fsp3) is 0.914. The van der Waals surface area contributed by atoms with Crippen molar-refractivity contribution in [1.29, 1.82) is 0 Å². The van der Waals surface area contributed by atoms with E-state index in [1.54, 1.807) is 0 Å². The number of rotatable bonds is 16. The summed E-state index contributed by atoms with van der Waals surface area (Å²) >= 11 is 6.95. The monoisotopic (exact) mass is 654 g/mol. The van der Waals surface area contributed by atoms with Gasteiger partial charge >= 0.3 is 0 Å². The maximum atomic E-state index is 6.95. The van der Waals surface area contributed by atoms with Crippen molar-refractivity contribution in [2.75, 3.05) is 40.4 Å². The van der Waals surface area contributed by atoms with Gasteiger partial charge < -0.3 is 9.47 Å². The molecule has 1 aromatic heterocycles. The first-order valence-electron chi connectivity index (χ1n) is 17.9. The number of nitrogens with one attached hydrogen (secondary N) is 2. The van der Waals surface area contributed by atoms with Crippen LogP contribution in [0.3, 0.4) is 0 Å². The predicted octanol–water partition coefficient (Wildman–Crippen LogP) is 7.19. The normalized spacial score (nSPS) is 34.6. The molecular weight excluding hydrogens is 586 g/mol. The third-order valence-corrected chi connectivity index (χ3v) is 11.9. The van der Waals surface area contributed by atoms with Crippen molar-refractivity contribution >= 4 is 11.6 Å². The van der Waals surface area contributed by atoms with Crippen molar-refractivity contribution in [3.05, 3.63) is 16.9 Å². The Morgan fingerprint density at radius 2 is 1.02 bits per heavy atom. The summed E-state index contributed by atoms with van der Waals surface area (Å²) in [7, 11) is 4.63. The standard InChI is InChI=1S/C35H68ClN7O2/c1-13-17-19-37-42(11)32(5,6)23-27(44-21-15-3)25-34(42,9)29-39-30(41-31(36)40-29)35(10)26-28(45-22-16-4)24-33(7,8)43(35,12)38-20-18-14-2/h27-28,37-38H,13-26H2,1-12H3/q+2. The minimum absolute atomic E-state index is 0.0934. The smallest absolute Gasteiger partial charge is 0.226 e. The zero-order valence-corrected chi connectivity index (χ0v) is 31.7. The van der Waals surface area contributed by atoms with E-state index in [1.807, 2.05) is 0 Å². The molecule has 6 atom stereocenters. The molecule has 3 heterocycles. The summed E-state index contributed by atoms with van der Waals surface area (Å²) in [4.78, 5) is 15.4. The van der Waals surface area contributed by atoms with Crippen molar-refractivity contribution in [3.8, 4) is 0 Å². The topological polar surface area (TPSA) is 81.2 Å². The number of halogens is 1. The molecule has 0 radical (unpaired) electrons. The SMILES string of the molecule is CCCCN[N+]1(C)C(C)(C)CC(OCCC)CC1(C)c1nc(Cl)nc(C2(C)CC(OCCC)CC(C)(C)[N+]2(C)NCCCC)n1. The maximum absolute atomic E-state index is 6.95. The van der Waals surface area contributed by atoms with E-state index >= 15 is 0 Å². The first kappa shape index (κ1) is 38.5. The number of aromatic nitrogens is 3. The molecule has 2 fully saturated rings. The summed E-state index contributed by atoms with van der Waals surface area (Å²) in [5, 5.41) is 0.251. The van der Waals surface area contributed by atoms with Gasteiger partial charge in [-0.25, -0.2) is 14.2 Å². The molecule has 260 valence electrons. The highest BCUT2D eigenvalue weighted by Gasteiger charge is 2.65. The van der Waals surface area contributed by atoms with Crippen molar-refractivity contribution in [3.63, 3.8) is 0 Å². The second-order valence-corrected chi connectivity index (χ2v) is 16.1. The third kappa shape index (κ3) is 7.40. The molecule has 45 heavy (non-hydrogen) atoms. The Hall–Kier alpha value is -0.940. The molecule has 2 saturated heterocycles. The lowest BCUT2D eigenvalue weighted by Gasteiger charge is -2.61. The molecule has 0 amide bonds. The Morgan fingerprint density at radius 3 is 1.36 bits per heavy atom. The molecule has 10 heteroatoms. The summed E-state index contributed by atoms with van der Waals surface area (Å²) < 4.78 is 14.2. The summed E-state index contributed by atoms with van der Waals surface area (Å²) in [6.45, 7) is 26.1. The molecule has 9 nitrogen and oxygen atoms in total. The van der Waals surface area contributed by atoms with E-state index in [0.717, 1.165) is 102 Å². The number of hydrogen-bond donors (Lipinski definition) is 2. The number of nitrogens with zero attached hydrogens (tertiary/aromatic N) is 5. The third-order valence-electron chi connectivity index (χ3n) is 11.7. The van der Waals surface area contributed by atoms with Gasteiger partial charge in [0.15, 0.2) is 22.7 Å². The van der Waals surface area contributed by atoms with Gasteiger partial charge in [-0.2, -0.15) is 20.8 Å². The van der Waals surface area contributed by atoms with Gasteiger partial charge in [0.1, 0.15) is 11.1 Å². The molecule has 0 aliphatic carbocycles. The second-order valence-electron chi connectivity index (χ2n) is 15.8. The van der Waals surface area contributed by atoms with E-state index < -0.39 is 11.1 Å². The lowest BCUT2D eigenvalue weighted by atomic mass is 9.74. The molecule has 2 aliphatic heterocycles. The molecule has 0 spiro atoms. The summed E-state index contributed by atoms with van der Waals surface area (Å²) in [5.74, 6) is 1.47. The Balaban J connectivity index is 2.24. The predicted molar refractivity (Wildman–Crippen MR) is 184 cm³/mol. The molecule has 0 saturated carbocycles. The largest absolute Gasteiger partial charge is 0.378 e. The van der Waals surface area contributed by atoms with E-state index in [4.69, 9.17) is 36.0 Å². The molecule has 0 aromatic carbocycles. The zero-order chi connectivity index (χ0) is 33.7. The van der Waals surface area contributed by atoms with Gasteiger partial charge in [-0.3, -0.25) is 0 Å². The second kappa shape index (κ2) is 15.1. The molecular formula is C35H68ClN7O2+2. The summed E-state index contributed by atoms with van der Waals surface area (Å²) in [6.07, 6.45) is 10.1. The Kier molecular flexibility index (Phi) is 12.9. The Labute approximate surface area is 280 Å². The van der Waals surface area contributed by atoms with Crippen LogP contribution in [0.5, 0.6) is 0 Å². The van der Waals surface area contributed by atoms with E-state index in [-0.39, 0.29) is 28.6 Å². The van der Waals surface area contributed by atoms with Crippen LogP contribution in [0.2, 0.25) is 5.28 Å². The van der Waals surface area contributed by atoms with Crippen LogP contribution in [0.4, 0.5) is 0 Å². The van der Waals surface area contributed by atoms with Crippen LogP contribution >= 0.6 is 11.6 Å². The number of likely N-dealkylation sites (tertiary alicyclic amines) is 2. The first-order valence-corrected chi connectivity index (χ1v) is 18.3. The van der Waals surface area contributed by atoms with Crippen LogP contribution in [0.1, 0.15) is 145 Å². The minimum atomic E-state index is -0.521. The summed E-state index contributed by atoms with van der Waals surface area (Å²) in [6, 6.07) is 0. The molecule has 6 unspecified atom stereocenters. The zero-order valence-electron chi connectivity index (χ0n) is 31.0.